The average molecular weight is 324 g/mol. The molecule has 1 amide bonds. The number of amides is 1. The van der Waals surface area contributed by atoms with E-state index in [0.29, 0.717) is 5.02 Å². The first-order valence-electron chi connectivity index (χ1n) is 7.30. The Morgan fingerprint density at radius 1 is 1.17 bits per heavy atom. The molecule has 0 aliphatic carbocycles. The lowest BCUT2D eigenvalue weighted by Crippen LogP contribution is -2.06. The first-order chi connectivity index (χ1) is 11.1. The third-order valence-electron chi connectivity index (χ3n) is 4.08. The number of carbonyl (C=O) groups excluding carboxylic acids is 1. The van der Waals surface area contributed by atoms with Gasteiger partial charge in [0.1, 0.15) is 5.82 Å². The van der Waals surface area contributed by atoms with E-state index in [2.05, 4.69) is 5.32 Å². The lowest BCUT2D eigenvalue weighted by atomic mass is 10.1. The van der Waals surface area contributed by atoms with Crippen molar-refractivity contribution in [1.29, 1.82) is 0 Å². The quantitative estimate of drug-likeness (QED) is 0.563. The lowest BCUT2D eigenvalue weighted by Gasteiger charge is -2.15. The van der Waals surface area contributed by atoms with Crippen LogP contribution in [0.2, 0.25) is 5.02 Å². The first kappa shape index (κ1) is 14.0. The predicted molar refractivity (Wildman–Crippen MR) is 94.2 cm³/mol. The molecule has 1 N–H and O–H groups in total. The summed E-state index contributed by atoms with van der Waals surface area (Å²) in [4.78, 5) is 16.0. The Morgan fingerprint density at radius 3 is 2.74 bits per heavy atom. The summed E-state index contributed by atoms with van der Waals surface area (Å²) >= 11 is 6.71. The third kappa shape index (κ3) is 2.06. The number of aryl methyl sites for hydroxylation is 1. The molecule has 0 radical (unpaired) electrons. The van der Waals surface area contributed by atoms with Crippen LogP contribution in [-0.2, 0) is 11.8 Å². The Hall–Kier alpha value is -2.59. The average Bonchev–Trinajstić information content (AvgIpc) is 2.92. The summed E-state index contributed by atoms with van der Waals surface area (Å²) in [5, 5.41) is 5.39. The van der Waals surface area contributed by atoms with Crippen LogP contribution in [-0.4, -0.2) is 15.5 Å². The van der Waals surface area contributed by atoms with Gasteiger partial charge in [0.25, 0.3) is 0 Å². The van der Waals surface area contributed by atoms with E-state index in [1.165, 1.54) is 6.92 Å². The fraction of sp³-hybridized carbons (Fsp3) is 0.111. The lowest BCUT2D eigenvalue weighted by molar-refractivity contribution is -0.114. The molecule has 114 valence electrons. The van der Waals surface area contributed by atoms with Crippen molar-refractivity contribution in [2.45, 2.75) is 6.92 Å². The molecule has 0 aromatic heterocycles. The fourth-order valence-corrected chi connectivity index (χ4v) is 3.40. The summed E-state index contributed by atoms with van der Waals surface area (Å²) in [6.07, 6.45) is 0. The van der Waals surface area contributed by atoms with E-state index in [1.54, 1.807) is 0 Å². The zero-order chi connectivity index (χ0) is 16.1. The van der Waals surface area contributed by atoms with Crippen LogP contribution in [0, 0.1) is 0 Å². The SMILES string of the molecule is CC(=O)Nc1ccc2c(c1)c(Cl)c1c3ccccc3nc-1n2C. The summed E-state index contributed by atoms with van der Waals surface area (Å²) in [6.45, 7) is 1.49. The molecule has 2 aliphatic rings. The van der Waals surface area contributed by atoms with Gasteiger partial charge in [-0.1, -0.05) is 29.8 Å². The molecular weight excluding hydrogens is 310 g/mol. The molecule has 4 nitrogen and oxygen atoms in total. The van der Waals surface area contributed by atoms with E-state index in [4.69, 9.17) is 16.6 Å². The van der Waals surface area contributed by atoms with Crippen molar-refractivity contribution in [2.75, 3.05) is 5.32 Å². The van der Waals surface area contributed by atoms with Gasteiger partial charge >= 0.3 is 0 Å². The molecule has 0 bridgehead atoms. The van der Waals surface area contributed by atoms with E-state index in [0.717, 1.165) is 38.9 Å². The zero-order valence-corrected chi connectivity index (χ0v) is 13.5. The van der Waals surface area contributed by atoms with Gasteiger partial charge in [-0.25, -0.2) is 4.98 Å². The second-order valence-electron chi connectivity index (χ2n) is 5.61. The first-order valence-corrected chi connectivity index (χ1v) is 7.68. The van der Waals surface area contributed by atoms with Crippen molar-refractivity contribution in [3.63, 3.8) is 0 Å². The number of hydrogen-bond acceptors (Lipinski definition) is 2. The van der Waals surface area contributed by atoms with Crippen LogP contribution >= 0.6 is 11.6 Å². The Kier molecular flexibility index (Phi) is 3.03. The number of halogens is 1. The molecule has 0 saturated heterocycles. The van der Waals surface area contributed by atoms with Crippen molar-refractivity contribution in [3.8, 4) is 11.4 Å². The zero-order valence-electron chi connectivity index (χ0n) is 12.7. The van der Waals surface area contributed by atoms with E-state index in [-0.39, 0.29) is 5.91 Å². The number of rotatable bonds is 1. The molecule has 2 aliphatic heterocycles. The van der Waals surface area contributed by atoms with Crippen LogP contribution < -0.4 is 5.32 Å². The standard InChI is InChI=1S/C18H14ClN3O/c1-10(23)20-11-7-8-15-13(9-11)17(19)16-12-5-3-4-6-14(12)21-18(16)22(15)2/h3-9H,1-2H3,(H,20,23). The smallest absolute Gasteiger partial charge is 0.221 e. The molecule has 0 fully saturated rings. The van der Waals surface area contributed by atoms with Crippen molar-refractivity contribution in [3.05, 3.63) is 47.5 Å². The Labute approximate surface area is 138 Å². The van der Waals surface area contributed by atoms with E-state index >= 15 is 0 Å². The second kappa shape index (κ2) is 4.96. The third-order valence-corrected chi connectivity index (χ3v) is 4.47. The number of anilines is 1. The largest absolute Gasteiger partial charge is 0.328 e. The number of pyridine rings is 1. The number of benzene rings is 2. The molecule has 2 aromatic carbocycles. The van der Waals surface area contributed by atoms with E-state index in [9.17, 15) is 4.79 Å². The van der Waals surface area contributed by atoms with Gasteiger partial charge in [-0.05, 0) is 24.3 Å². The van der Waals surface area contributed by atoms with Crippen molar-refractivity contribution >= 4 is 45.0 Å². The van der Waals surface area contributed by atoms with Gasteiger partial charge in [-0.15, -0.1) is 0 Å². The van der Waals surface area contributed by atoms with Gasteiger partial charge in [0, 0.05) is 36.0 Å². The fourth-order valence-electron chi connectivity index (χ4n) is 3.07. The van der Waals surface area contributed by atoms with Crippen LogP contribution in [0.5, 0.6) is 0 Å². The van der Waals surface area contributed by atoms with Crippen LogP contribution in [0.4, 0.5) is 5.69 Å². The van der Waals surface area contributed by atoms with E-state index < -0.39 is 0 Å². The highest BCUT2D eigenvalue weighted by atomic mass is 35.5. The molecule has 2 aromatic rings. The minimum Gasteiger partial charge on any atom is -0.328 e. The molecule has 23 heavy (non-hydrogen) atoms. The highest BCUT2D eigenvalue weighted by Crippen LogP contribution is 2.41. The summed E-state index contributed by atoms with van der Waals surface area (Å²) < 4.78 is 2.04. The molecule has 0 saturated carbocycles. The Balaban J connectivity index is 2.13. The number of hydrogen-bond donors (Lipinski definition) is 1. The molecular formula is C18H14ClN3O. The Morgan fingerprint density at radius 2 is 1.96 bits per heavy atom. The number of aromatic nitrogens is 2. The van der Waals surface area contributed by atoms with Gasteiger partial charge in [-0.2, -0.15) is 0 Å². The minimum atomic E-state index is -0.105. The molecule has 0 spiro atoms. The summed E-state index contributed by atoms with van der Waals surface area (Å²) in [7, 11) is 1.98. The highest BCUT2D eigenvalue weighted by molar-refractivity contribution is 6.39. The van der Waals surface area contributed by atoms with Crippen molar-refractivity contribution in [1.82, 2.24) is 9.55 Å². The van der Waals surface area contributed by atoms with Gasteiger partial charge in [0.15, 0.2) is 0 Å². The number of fused-ring (bicyclic) bond motifs is 4. The summed E-state index contributed by atoms with van der Waals surface area (Å²) in [6, 6.07) is 13.7. The maximum Gasteiger partial charge on any atom is 0.221 e. The van der Waals surface area contributed by atoms with Crippen molar-refractivity contribution in [2.24, 2.45) is 7.05 Å². The maximum atomic E-state index is 11.3. The molecule has 2 heterocycles. The Bertz CT molecular complexity index is 1050. The molecule has 4 rings (SSSR count). The highest BCUT2D eigenvalue weighted by Gasteiger charge is 2.21. The predicted octanol–water partition coefficient (Wildman–Crippen LogP) is 4.44. The second-order valence-corrected chi connectivity index (χ2v) is 5.99. The summed E-state index contributed by atoms with van der Waals surface area (Å²) in [5.41, 5.74) is 3.57. The molecule has 0 atom stereocenters. The number of nitrogens with zero attached hydrogens (tertiary/aromatic N) is 2. The van der Waals surface area contributed by atoms with Crippen LogP contribution in [0.15, 0.2) is 42.5 Å². The van der Waals surface area contributed by atoms with Gasteiger partial charge in [0.05, 0.1) is 16.1 Å². The monoisotopic (exact) mass is 323 g/mol. The van der Waals surface area contributed by atoms with Crippen LogP contribution in [0.1, 0.15) is 6.92 Å². The minimum absolute atomic E-state index is 0.105. The topological polar surface area (TPSA) is 46.9 Å². The van der Waals surface area contributed by atoms with Crippen LogP contribution in [0.3, 0.4) is 0 Å². The van der Waals surface area contributed by atoms with Crippen LogP contribution in [0.25, 0.3) is 33.2 Å². The van der Waals surface area contributed by atoms with Gasteiger partial charge < -0.3 is 9.88 Å². The number of para-hydroxylation sites is 1. The maximum absolute atomic E-state index is 11.3. The number of carbonyl (C=O) groups is 1. The normalized spacial score (nSPS) is 11.4. The van der Waals surface area contributed by atoms with E-state index in [1.807, 2.05) is 54.1 Å². The molecule has 0 unspecified atom stereocenters. The van der Waals surface area contributed by atoms with Crippen molar-refractivity contribution < 1.29 is 4.79 Å². The molecule has 5 heteroatoms. The summed E-state index contributed by atoms with van der Waals surface area (Å²) in [5.74, 6) is 0.752. The van der Waals surface area contributed by atoms with Gasteiger partial charge in [0.2, 0.25) is 5.91 Å². The van der Waals surface area contributed by atoms with Gasteiger partial charge in [-0.3, -0.25) is 4.79 Å². The number of nitrogens with one attached hydrogen (secondary N) is 1.